The van der Waals surface area contributed by atoms with Gasteiger partial charge in [0.25, 0.3) is 5.91 Å². The van der Waals surface area contributed by atoms with Gasteiger partial charge >= 0.3 is 0 Å². The van der Waals surface area contributed by atoms with E-state index in [1.165, 1.54) is 0 Å². The summed E-state index contributed by atoms with van der Waals surface area (Å²) in [7, 11) is 0. The molecule has 1 amide bonds. The van der Waals surface area contributed by atoms with Crippen molar-refractivity contribution in [1.82, 2.24) is 0 Å². The number of ether oxygens (including phenoxy) is 2. The van der Waals surface area contributed by atoms with E-state index in [0.29, 0.717) is 35.8 Å². The second-order valence-corrected chi connectivity index (χ2v) is 5.89. The van der Waals surface area contributed by atoms with Crippen molar-refractivity contribution in [3.05, 3.63) is 71.8 Å². The molecule has 2 N–H and O–H groups in total. The van der Waals surface area contributed by atoms with E-state index in [2.05, 4.69) is 4.99 Å². The number of benzene rings is 3. The van der Waals surface area contributed by atoms with E-state index in [4.69, 9.17) is 15.2 Å². The third-order valence-corrected chi connectivity index (χ3v) is 4.06. The lowest BCUT2D eigenvalue weighted by molar-refractivity contribution is 0.100. The van der Waals surface area contributed by atoms with Crippen molar-refractivity contribution >= 4 is 22.5 Å². The van der Waals surface area contributed by atoms with Crippen molar-refractivity contribution in [3.63, 3.8) is 0 Å². The number of amidine groups is 1. The van der Waals surface area contributed by atoms with Gasteiger partial charge in [-0.3, -0.25) is 4.79 Å². The zero-order chi connectivity index (χ0) is 19.2. The first kappa shape index (κ1) is 18.5. The van der Waals surface area contributed by atoms with Gasteiger partial charge in [0.05, 0.1) is 13.2 Å². The highest BCUT2D eigenvalue weighted by Gasteiger charge is 2.12. The van der Waals surface area contributed by atoms with Crippen LogP contribution in [-0.4, -0.2) is 25.0 Å². The van der Waals surface area contributed by atoms with Gasteiger partial charge in [-0.2, -0.15) is 4.99 Å². The summed E-state index contributed by atoms with van der Waals surface area (Å²) < 4.78 is 11.1. The van der Waals surface area contributed by atoms with Crippen LogP contribution in [-0.2, 0) is 0 Å². The molecule has 3 rings (SSSR count). The average molecular weight is 362 g/mol. The zero-order valence-corrected chi connectivity index (χ0v) is 15.4. The minimum Gasteiger partial charge on any atom is -0.490 e. The van der Waals surface area contributed by atoms with Gasteiger partial charge in [0.15, 0.2) is 11.5 Å². The SMILES string of the molecule is CCOc1ccc(C(=O)N=C(N)c2ccc3ccccc3c2)cc1OCC. The van der Waals surface area contributed by atoms with Crippen LogP contribution in [0.1, 0.15) is 29.8 Å². The number of rotatable bonds is 6. The molecule has 0 radical (unpaired) electrons. The molecule has 0 fully saturated rings. The maximum atomic E-state index is 12.6. The smallest absolute Gasteiger partial charge is 0.279 e. The molecule has 27 heavy (non-hydrogen) atoms. The number of carbonyl (C=O) groups excluding carboxylic acids is 1. The first-order valence-corrected chi connectivity index (χ1v) is 8.89. The molecule has 0 aromatic heterocycles. The molecule has 0 unspecified atom stereocenters. The number of nitrogens with zero attached hydrogens (tertiary/aromatic N) is 1. The van der Waals surface area contributed by atoms with Gasteiger partial charge in [0.2, 0.25) is 0 Å². The number of amides is 1. The van der Waals surface area contributed by atoms with Gasteiger partial charge < -0.3 is 15.2 Å². The summed E-state index contributed by atoms with van der Waals surface area (Å²) in [6, 6.07) is 18.7. The molecule has 0 saturated carbocycles. The van der Waals surface area contributed by atoms with Crippen LogP contribution in [0.4, 0.5) is 0 Å². The van der Waals surface area contributed by atoms with Crippen LogP contribution in [0.25, 0.3) is 10.8 Å². The largest absolute Gasteiger partial charge is 0.490 e. The Bertz CT molecular complexity index is 996. The normalized spacial score (nSPS) is 11.4. The molecule has 0 spiro atoms. The van der Waals surface area contributed by atoms with E-state index in [9.17, 15) is 4.79 Å². The predicted octanol–water partition coefficient (Wildman–Crippen LogP) is 4.18. The molecule has 3 aromatic rings. The van der Waals surface area contributed by atoms with Gasteiger partial charge in [0, 0.05) is 11.1 Å². The first-order chi connectivity index (χ1) is 13.1. The Labute approximate surface area is 158 Å². The second kappa shape index (κ2) is 8.36. The Hall–Kier alpha value is -3.34. The summed E-state index contributed by atoms with van der Waals surface area (Å²) in [5, 5.41) is 2.15. The van der Waals surface area contributed by atoms with Crippen LogP contribution in [0.5, 0.6) is 11.5 Å². The minimum atomic E-state index is -0.426. The highest BCUT2D eigenvalue weighted by molar-refractivity contribution is 6.10. The zero-order valence-electron chi connectivity index (χ0n) is 15.4. The molecule has 3 aromatic carbocycles. The number of hydrogen-bond acceptors (Lipinski definition) is 3. The van der Waals surface area contributed by atoms with Gasteiger partial charge in [-0.05, 0) is 48.9 Å². The monoisotopic (exact) mass is 362 g/mol. The van der Waals surface area contributed by atoms with Crippen molar-refractivity contribution in [3.8, 4) is 11.5 Å². The number of nitrogens with two attached hydrogens (primary N) is 1. The van der Waals surface area contributed by atoms with E-state index >= 15 is 0 Å². The molecule has 0 aliphatic rings. The lowest BCUT2D eigenvalue weighted by Gasteiger charge is -2.11. The third-order valence-electron chi connectivity index (χ3n) is 4.06. The molecule has 138 valence electrons. The molecule has 0 bridgehead atoms. The molecule has 5 heteroatoms. The van der Waals surface area contributed by atoms with E-state index in [1.54, 1.807) is 18.2 Å². The Morgan fingerprint density at radius 1 is 0.852 bits per heavy atom. The highest BCUT2D eigenvalue weighted by atomic mass is 16.5. The molecular formula is C22H22N2O3. The fourth-order valence-corrected chi connectivity index (χ4v) is 2.77. The summed E-state index contributed by atoms with van der Waals surface area (Å²) in [5.41, 5.74) is 7.17. The fraction of sp³-hybridized carbons (Fsp3) is 0.182. The summed E-state index contributed by atoms with van der Waals surface area (Å²) in [4.78, 5) is 16.6. The standard InChI is InChI=1S/C22H22N2O3/c1-3-26-19-12-11-18(14-20(19)27-4-2)22(25)24-21(23)17-10-9-15-7-5-6-8-16(15)13-17/h5-14H,3-4H2,1-2H3,(H2,23,24,25). The first-order valence-electron chi connectivity index (χ1n) is 8.89. The van der Waals surface area contributed by atoms with Crippen molar-refractivity contribution in [2.45, 2.75) is 13.8 Å². The lowest BCUT2D eigenvalue weighted by atomic mass is 10.1. The summed E-state index contributed by atoms with van der Waals surface area (Å²) in [5.74, 6) is 0.870. The molecule has 0 heterocycles. The van der Waals surface area contributed by atoms with Crippen LogP contribution >= 0.6 is 0 Å². The average Bonchev–Trinajstić information content (AvgIpc) is 2.69. The topological polar surface area (TPSA) is 73.9 Å². The quantitative estimate of drug-likeness (QED) is 0.527. The van der Waals surface area contributed by atoms with Crippen LogP contribution in [0.15, 0.2) is 65.7 Å². The van der Waals surface area contributed by atoms with Gasteiger partial charge in [-0.15, -0.1) is 0 Å². The molecule has 0 aliphatic heterocycles. The minimum absolute atomic E-state index is 0.178. The maximum absolute atomic E-state index is 12.6. The molecule has 0 aliphatic carbocycles. The van der Waals surface area contributed by atoms with Crippen LogP contribution in [0.2, 0.25) is 0 Å². The molecular weight excluding hydrogens is 340 g/mol. The summed E-state index contributed by atoms with van der Waals surface area (Å²) in [6.07, 6.45) is 0. The summed E-state index contributed by atoms with van der Waals surface area (Å²) in [6.45, 7) is 4.75. The van der Waals surface area contributed by atoms with Crippen LogP contribution in [0.3, 0.4) is 0 Å². The van der Waals surface area contributed by atoms with Crippen molar-refractivity contribution in [2.24, 2.45) is 10.7 Å². The maximum Gasteiger partial charge on any atom is 0.279 e. The lowest BCUT2D eigenvalue weighted by Crippen LogP contribution is -2.16. The van der Waals surface area contributed by atoms with Gasteiger partial charge in [0.1, 0.15) is 5.84 Å². The van der Waals surface area contributed by atoms with Crippen molar-refractivity contribution in [1.29, 1.82) is 0 Å². The fourth-order valence-electron chi connectivity index (χ4n) is 2.77. The molecule has 0 saturated heterocycles. The van der Waals surface area contributed by atoms with E-state index < -0.39 is 5.91 Å². The summed E-state index contributed by atoms with van der Waals surface area (Å²) >= 11 is 0. The number of fused-ring (bicyclic) bond motifs is 1. The van der Waals surface area contributed by atoms with Crippen LogP contribution < -0.4 is 15.2 Å². The Balaban J connectivity index is 1.88. The number of carbonyl (C=O) groups is 1. The van der Waals surface area contributed by atoms with Gasteiger partial charge in [-0.1, -0.05) is 36.4 Å². The Kier molecular flexibility index (Phi) is 5.71. The van der Waals surface area contributed by atoms with Gasteiger partial charge in [-0.25, -0.2) is 0 Å². The predicted molar refractivity (Wildman–Crippen MR) is 108 cm³/mol. The van der Waals surface area contributed by atoms with Crippen LogP contribution in [0, 0.1) is 0 Å². The van der Waals surface area contributed by atoms with E-state index in [1.807, 2.05) is 56.3 Å². The highest BCUT2D eigenvalue weighted by Crippen LogP contribution is 2.29. The Morgan fingerprint density at radius 3 is 2.26 bits per heavy atom. The Morgan fingerprint density at radius 2 is 1.52 bits per heavy atom. The van der Waals surface area contributed by atoms with E-state index in [-0.39, 0.29) is 5.84 Å². The van der Waals surface area contributed by atoms with Crippen molar-refractivity contribution < 1.29 is 14.3 Å². The number of aliphatic imine (C=N–C) groups is 1. The number of hydrogen-bond donors (Lipinski definition) is 1. The van der Waals surface area contributed by atoms with Crippen molar-refractivity contribution in [2.75, 3.05) is 13.2 Å². The van der Waals surface area contributed by atoms with E-state index in [0.717, 1.165) is 10.8 Å². The molecule has 0 atom stereocenters. The third kappa shape index (κ3) is 4.26. The second-order valence-electron chi connectivity index (χ2n) is 5.89. The molecule has 5 nitrogen and oxygen atoms in total.